The lowest BCUT2D eigenvalue weighted by atomic mass is 10.3. The topological polar surface area (TPSA) is 78.5 Å². The molecule has 1 aromatic carbocycles. The summed E-state index contributed by atoms with van der Waals surface area (Å²) >= 11 is 0. The summed E-state index contributed by atoms with van der Waals surface area (Å²) in [6.07, 6.45) is 3.55. The minimum absolute atomic E-state index is 0.240. The van der Waals surface area contributed by atoms with Crippen LogP contribution >= 0.6 is 0 Å². The monoisotopic (exact) mass is 355 g/mol. The zero-order chi connectivity index (χ0) is 18.4. The molecule has 136 valence electrons. The Balaban J connectivity index is 1.49. The normalized spacial score (nSPS) is 10.5. The first-order chi connectivity index (χ1) is 12.6. The predicted octanol–water partition coefficient (Wildman–Crippen LogP) is 2.92. The van der Waals surface area contributed by atoms with E-state index < -0.39 is 0 Å². The lowest BCUT2D eigenvalue weighted by Gasteiger charge is -2.06. The number of furan rings is 1. The molecule has 0 spiro atoms. The molecular weight excluding hydrogens is 334 g/mol. The number of carbonyl (C=O) groups excluding carboxylic acids is 1. The molecule has 26 heavy (non-hydrogen) atoms. The second kappa shape index (κ2) is 8.24. The molecule has 0 unspecified atom stereocenters. The molecule has 0 saturated carbocycles. The van der Waals surface area contributed by atoms with Gasteiger partial charge in [-0.25, -0.2) is 0 Å². The van der Waals surface area contributed by atoms with E-state index in [1.54, 1.807) is 23.0 Å². The van der Waals surface area contributed by atoms with E-state index in [-0.39, 0.29) is 18.3 Å². The molecule has 7 heteroatoms. The highest BCUT2D eigenvalue weighted by Crippen LogP contribution is 2.19. The predicted molar refractivity (Wildman–Crippen MR) is 95.0 cm³/mol. The average Bonchev–Trinajstić information content (AvgIpc) is 3.28. The van der Waals surface area contributed by atoms with Crippen LogP contribution in [-0.2, 0) is 20.2 Å². The van der Waals surface area contributed by atoms with Crippen molar-refractivity contribution < 1.29 is 18.7 Å². The Kier molecular flexibility index (Phi) is 5.58. The molecule has 0 saturated heterocycles. The Labute approximate surface area is 151 Å². The quantitative estimate of drug-likeness (QED) is 0.672. The molecule has 3 aromatic rings. The van der Waals surface area contributed by atoms with Crippen LogP contribution in [0.2, 0.25) is 0 Å². The summed E-state index contributed by atoms with van der Waals surface area (Å²) in [4.78, 5) is 12.1. The summed E-state index contributed by atoms with van der Waals surface area (Å²) in [6, 6.07) is 10.7. The summed E-state index contributed by atoms with van der Waals surface area (Å²) < 4.78 is 18.3. The lowest BCUT2D eigenvalue weighted by Crippen LogP contribution is -2.22. The molecule has 1 N–H and O–H groups in total. The summed E-state index contributed by atoms with van der Waals surface area (Å²) in [5.74, 6) is 2.05. The van der Waals surface area contributed by atoms with Crippen molar-refractivity contribution in [1.82, 2.24) is 15.1 Å². The van der Waals surface area contributed by atoms with Crippen molar-refractivity contribution in [3.63, 3.8) is 0 Å². The van der Waals surface area contributed by atoms with Gasteiger partial charge in [-0.2, -0.15) is 5.10 Å². The molecule has 0 fully saturated rings. The smallest absolute Gasteiger partial charge is 0.287 e. The fourth-order valence-corrected chi connectivity index (χ4v) is 2.36. The van der Waals surface area contributed by atoms with E-state index in [2.05, 4.69) is 10.4 Å². The van der Waals surface area contributed by atoms with Gasteiger partial charge in [0.2, 0.25) is 0 Å². The van der Waals surface area contributed by atoms with Gasteiger partial charge in [-0.15, -0.1) is 0 Å². The Bertz CT molecular complexity index is 852. The fourth-order valence-electron chi connectivity index (χ4n) is 2.36. The number of nitrogens with one attached hydrogen (secondary N) is 1. The van der Waals surface area contributed by atoms with Crippen molar-refractivity contribution in [2.24, 2.45) is 7.05 Å². The molecule has 0 aliphatic heterocycles. The summed E-state index contributed by atoms with van der Waals surface area (Å²) in [7, 11) is 1.83. The van der Waals surface area contributed by atoms with Crippen LogP contribution in [-0.4, -0.2) is 22.3 Å². The average molecular weight is 355 g/mol. The van der Waals surface area contributed by atoms with E-state index in [1.165, 1.54) is 0 Å². The van der Waals surface area contributed by atoms with Crippen LogP contribution in [0.5, 0.6) is 11.5 Å². The Morgan fingerprint density at radius 1 is 1.15 bits per heavy atom. The van der Waals surface area contributed by atoms with Crippen LogP contribution in [0.15, 0.2) is 53.2 Å². The lowest BCUT2D eigenvalue weighted by molar-refractivity contribution is 0.0919. The van der Waals surface area contributed by atoms with Crippen LogP contribution in [0.3, 0.4) is 0 Å². The zero-order valence-electron chi connectivity index (χ0n) is 14.8. The number of aryl methyl sites for hydroxylation is 1. The number of ether oxygens (including phenoxy) is 2. The van der Waals surface area contributed by atoms with E-state index in [4.69, 9.17) is 13.9 Å². The number of nitrogens with zero attached hydrogens (tertiary/aromatic N) is 2. The van der Waals surface area contributed by atoms with Gasteiger partial charge in [-0.05, 0) is 43.3 Å². The van der Waals surface area contributed by atoms with Gasteiger partial charge >= 0.3 is 0 Å². The second-order valence-corrected chi connectivity index (χ2v) is 5.66. The van der Waals surface area contributed by atoms with Gasteiger partial charge < -0.3 is 19.2 Å². The minimum Gasteiger partial charge on any atom is -0.494 e. The van der Waals surface area contributed by atoms with Crippen LogP contribution in [0.25, 0.3) is 0 Å². The highest BCUT2D eigenvalue weighted by atomic mass is 16.5. The summed E-state index contributed by atoms with van der Waals surface area (Å²) in [5, 5.41) is 6.85. The summed E-state index contributed by atoms with van der Waals surface area (Å²) in [5.41, 5.74) is 0.923. The van der Waals surface area contributed by atoms with Gasteiger partial charge in [0.25, 0.3) is 5.91 Å². The number of rotatable bonds is 8. The zero-order valence-corrected chi connectivity index (χ0v) is 14.8. The van der Waals surface area contributed by atoms with Gasteiger partial charge in [-0.1, -0.05) is 0 Å². The first-order valence-electron chi connectivity index (χ1n) is 8.34. The Morgan fingerprint density at radius 2 is 1.88 bits per heavy atom. The molecule has 0 aliphatic carbocycles. The molecule has 0 bridgehead atoms. The van der Waals surface area contributed by atoms with Gasteiger partial charge in [-0.3, -0.25) is 9.48 Å². The first-order valence-corrected chi connectivity index (χ1v) is 8.34. The first kappa shape index (κ1) is 17.6. The number of aromatic nitrogens is 2. The minimum atomic E-state index is -0.277. The molecule has 0 radical (unpaired) electrons. The Hall–Kier alpha value is -3.22. The molecule has 2 aromatic heterocycles. The van der Waals surface area contributed by atoms with Crippen LogP contribution < -0.4 is 14.8 Å². The second-order valence-electron chi connectivity index (χ2n) is 5.66. The van der Waals surface area contributed by atoms with Crippen LogP contribution in [0, 0.1) is 0 Å². The van der Waals surface area contributed by atoms with Crippen LogP contribution in [0.4, 0.5) is 0 Å². The van der Waals surface area contributed by atoms with Crippen molar-refractivity contribution in [2.45, 2.75) is 20.1 Å². The number of carbonyl (C=O) groups is 1. The van der Waals surface area contributed by atoms with E-state index in [0.717, 1.165) is 11.3 Å². The molecule has 0 aliphatic rings. The molecule has 1 amide bonds. The van der Waals surface area contributed by atoms with Gasteiger partial charge in [0.05, 0.1) is 12.8 Å². The maximum atomic E-state index is 12.1. The third-order valence-electron chi connectivity index (χ3n) is 3.61. The highest BCUT2D eigenvalue weighted by molar-refractivity contribution is 5.91. The maximum absolute atomic E-state index is 12.1. The largest absolute Gasteiger partial charge is 0.494 e. The third-order valence-corrected chi connectivity index (χ3v) is 3.61. The fraction of sp³-hybridized carbons (Fsp3) is 0.263. The molecule has 0 atom stereocenters. The molecule has 2 heterocycles. The standard InChI is InChI=1S/C19H21N3O4/c1-3-24-15-4-6-16(7-5-15)25-13-17-8-9-18(26-17)19(23)20-10-14-11-21-22(2)12-14/h4-9,11-12H,3,10,13H2,1-2H3,(H,20,23). The van der Waals surface area contributed by atoms with Gasteiger partial charge in [0.1, 0.15) is 23.9 Å². The van der Waals surface area contributed by atoms with E-state index in [1.807, 2.05) is 44.4 Å². The molecule has 7 nitrogen and oxygen atoms in total. The molecule has 3 rings (SSSR count). The number of amides is 1. The van der Waals surface area contributed by atoms with Gasteiger partial charge in [0, 0.05) is 25.4 Å². The van der Waals surface area contributed by atoms with Crippen molar-refractivity contribution >= 4 is 5.91 Å². The van der Waals surface area contributed by atoms with Crippen molar-refractivity contribution in [1.29, 1.82) is 0 Å². The summed E-state index contributed by atoms with van der Waals surface area (Å²) in [6.45, 7) is 3.19. The number of hydrogen-bond donors (Lipinski definition) is 1. The van der Waals surface area contributed by atoms with Crippen molar-refractivity contribution in [2.75, 3.05) is 6.61 Å². The highest BCUT2D eigenvalue weighted by Gasteiger charge is 2.11. The van der Waals surface area contributed by atoms with Crippen LogP contribution in [0.1, 0.15) is 28.8 Å². The SMILES string of the molecule is CCOc1ccc(OCc2ccc(C(=O)NCc3cnn(C)c3)o2)cc1. The van der Waals surface area contributed by atoms with Gasteiger partial charge in [0.15, 0.2) is 5.76 Å². The van der Waals surface area contributed by atoms with Crippen molar-refractivity contribution in [3.05, 3.63) is 65.9 Å². The van der Waals surface area contributed by atoms with E-state index in [9.17, 15) is 4.79 Å². The maximum Gasteiger partial charge on any atom is 0.287 e. The Morgan fingerprint density at radius 3 is 2.54 bits per heavy atom. The number of benzene rings is 1. The van der Waals surface area contributed by atoms with E-state index in [0.29, 0.717) is 24.7 Å². The molecular formula is C19H21N3O4. The van der Waals surface area contributed by atoms with E-state index >= 15 is 0 Å². The number of hydrogen-bond acceptors (Lipinski definition) is 5. The third kappa shape index (κ3) is 4.66. The van der Waals surface area contributed by atoms with Crippen molar-refractivity contribution in [3.8, 4) is 11.5 Å².